The minimum absolute atomic E-state index is 0.0184. The van der Waals surface area contributed by atoms with Crippen LogP contribution in [0.2, 0.25) is 0 Å². The minimum atomic E-state index is -0.390. The Kier molecular flexibility index (Phi) is 3.69. The van der Waals surface area contributed by atoms with E-state index in [-0.39, 0.29) is 18.1 Å². The van der Waals surface area contributed by atoms with Gasteiger partial charge in [0, 0.05) is 13.1 Å². The number of nitrogens with two attached hydrogens (primary N) is 1. The highest BCUT2D eigenvalue weighted by Crippen LogP contribution is 2.10. The Bertz CT molecular complexity index is 184. The van der Waals surface area contributed by atoms with E-state index in [1.165, 1.54) is 0 Å². The number of carbonyl (C=O) groups excluding carboxylic acids is 1. The van der Waals surface area contributed by atoms with Gasteiger partial charge in [-0.1, -0.05) is 13.3 Å². The molecule has 0 aromatic rings. The van der Waals surface area contributed by atoms with Crippen molar-refractivity contribution in [1.29, 1.82) is 0 Å². The van der Waals surface area contributed by atoms with Crippen LogP contribution >= 0.6 is 0 Å². The van der Waals surface area contributed by atoms with Crippen molar-refractivity contribution >= 4 is 5.91 Å². The van der Waals surface area contributed by atoms with Crippen molar-refractivity contribution in [2.24, 2.45) is 5.73 Å². The summed E-state index contributed by atoms with van der Waals surface area (Å²) in [6.07, 6.45) is 2.02. The van der Waals surface area contributed by atoms with Crippen LogP contribution in [0.15, 0.2) is 0 Å². The van der Waals surface area contributed by atoms with Crippen molar-refractivity contribution in [2.75, 3.05) is 13.1 Å². The SMILES string of the molecule is CCCC(O)CN1CCC(N)C1=O. The molecule has 0 bridgehead atoms. The Morgan fingerprint density at radius 1 is 1.77 bits per heavy atom. The normalized spacial score (nSPS) is 25.3. The van der Waals surface area contributed by atoms with E-state index in [0.29, 0.717) is 13.1 Å². The average molecular weight is 186 g/mol. The van der Waals surface area contributed by atoms with E-state index < -0.39 is 0 Å². The van der Waals surface area contributed by atoms with Crippen molar-refractivity contribution in [3.63, 3.8) is 0 Å². The van der Waals surface area contributed by atoms with Gasteiger partial charge in [-0.15, -0.1) is 0 Å². The number of hydrogen-bond donors (Lipinski definition) is 2. The zero-order valence-corrected chi connectivity index (χ0v) is 8.07. The molecular formula is C9H18N2O2. The number of amides is 1. The van der Waals surface area contributed by atoms with E-state index in [0.717, 1.165) is 19.3 Å². The van der Waals surface area contributed by atoms with Crippen LogP contribution in [0, 0.1) is 0 Å². The second kappa shape index (κ2) is 4.58. The molecule has 1 rings (SSSR count). The lowest BCUT2D eigenvalue weighted by Crippen LogP contribution is -2.38. The van der Waals surface area contributed by atoms with E-state index >= 15 is 0 Å². The molecule has 1 fully saturated rings. The summed E-state index contributed by atoms with van der Waals surface area (Å²) in [6, 6.07) is -0.339. The molecule has 0 radical (unpaired) electrons. The number of nitrogens with zero attached hydrogens (tertiary/aromatic N) is 1. The molecule has 76 valence electrons. The van der Waals surface area contributed by atoms with Gasteiger partial charge < -0.3 is 15.7 Å². The Balaban J connectivity index is 2.33. The molecular weight excluding hydrogens is 168 g/mol. The summed E-state index contributed by atoms with van der Waals surface area (Å²) in [5, 5.41) is 9.48. The van der Waals surface area contributed by atoms with Gasteiger partial charge in [-0.2, -0.15) is 0 Å². The first-order valence-corrected chi connectivity index (χ1v) is 4.87. The molecule has 4 nitrogen and oxygen atoms in total. The molecule has 3 N–H and O–H groups in total. The molecule has 2 unspecified atom stereocenters. The molecule has 2 atom stereocenters. The first kappa shape index (κ1) is 10.5. The van der Waals surface area contributed by atoms with E-state index in [4.69, 9.17) is 5.73 Å². The Labute approximate surface area is 78.7 Å². The van der Waals surface area contributed by atoms with Gasteiger partial charge in [-0.25, -0.2) is 0 Å². The summed E-state index contributed by atoms with van der Waals surface area (Å²) in [7, 11) is 0. The standard InChI is InChI=1S/C9H18N2O2/c1-2-3-7(12)6-11-5-4-8(10)9(11)13/h7-8,12H,2-6,10H2,1H3. The fraction of sp³-hybridized carbons (Fsp3) is 0.889. The van der Waals surface area contributed by atoms with Gasteiger partial charge in [0.05, 0.1) is 12.1 Å². The Morgan fingerprint density at radius 3 is 2.92 bits per heavy atom. The summed E-state index contributed by atoms with van der Waals surface area (Å²) in [6.45, 7) is 3.15. The fourth-order valence-corrected chi connectivity index (χ4v) is 1.62. The summed E-state index contributed by atoms with van der Waals surface area (Å²) >= 11 is 0. The van der Waals surface area contributed by atoms with Crippen LogP contribution in [0.25, 0.3) is 0 Å². The minimum Gasteiger partial charge on any atom is -0.391 e. The second-order valence-corrected chi connectivity index (χ2v) is 3.62. The zero-order valence-electron chi connectivity index (χ0n) is 8.07. The van der Waals surface area contributed by atoms with Gasteiger partial charge in [0.15, 0.2) is 0 Å². The third-order valence-corrected chi connectivity index (χ3v) is 2.39. The van der Waals surface area contributed by atoms with Crippen LogP contribution in [0.1, 0.15) is 26.2 Å². The third-order valence-electron chi connectivity index (χ3n) is 2.39. The van der Waals surface area contributed by atoms with Crippen LogP contribution in [-0.2, 0) is 4.79 Å². The molecule has 1 heterocycles. The van der Waals surface area contributed by atoms with Crippen LogP contribution < -0.4 is 5.73 Å². The van der Waals surface area contributed by atoms with Crippen molar-refractivity contribution < 1.29 is 9.90 Å². The number of carbonyl (C=O) groups is 1. The number of aliphatic hydroxyl groups is 1. The van der Waals surface area contributed by atoms with E-state index in [1.807, 2.05) is 6.92 Å². The lowest BCUT2D eigenvalue weighted by Gasteiger charge is -2.19. The third kappa shape index (κ3) is 2.67. The van der Waals surface area contributed by atoms with Gasteiger partial charge in [0.1, 0.15) is 0 Å². The molecule has 1 aliphatic rings. The molecule has 0 aromatic carbocycles. The largest absolute Gasteiger partial charge is 0.391 e. The molecule has 4 heteroatoms. The van der Waals surface area contributed by atoms with Gasteiger partial charge in [0.2, 0.25) is 5.91 Å². The summed E-state index contributed by atoms with van der Waals surface area (Å²) in [4.78, 5) is 13.0. The Morgan fingerprint density at radius 2 is 2.46 bits per heavy atom. The Hall–Kier alpha value is -0.610. The predicted octanol–water partition coefficient (Wildman–Crippen LogP) is -0.293. The first-order valence-electron chi connectivity index (χ1n) is 4.87. The van der Waals surface area contributed by atoms with Crippen LogP contribution in [0.5, 0.6) is 0 Å². The number of hydrogen-bond acceptors (Lipinski definition) is 3. The highest BCUT2D eigenvalue weighted by molar-refractivity contribution is 5.83. The topological polar surface area (TPSA) is 66.6 Å². The summed E-state index contributed by atoms with van der Waals surface area (Å²) in [5.41, 5.74) is 5.55. The maximum atomic E-state index is 11.3. The van der Waals surface area contributed by atoms with Crippen molar-refractivity contribution in [3.05, 3.63) is 0 Å². The molecule has 0 aromatic heterocycles. The highest BCUT2D eigenvalue weighted by atomic mass is 16.3. The van der Waals surface area contributed by atoms with E-state index in [2.05, 4.69) is 0 Å². The quantitative estimate of drug-likeness (QED) is 0.634. The molecule has 0 saturated carbocycles. The molecule has 1 aliphatic heterocycles. The number of likely N-dealkylation sites (tertiary alicyclic amines) is 1. The molecule has 1 saturated heterocycles. The second-order valence-electron chi connectivity index (χ2n) is 3.62. The molecule has 0 spiro atoms. The maximum absolute atomic E-state index is 11.3. The van der Waals surface area contributed by atoms with Crippen LogP contribution in [0.3, 0.4) is 0 Å². The molecule has 13 heavy (non-hydrogen) atoms. The first-order chi connectivity index (χ1) is 6.15. The number of aliphatic hydroxyl groups excluding tert-OH is 1. The van der Waals surface area contributed by atoms with Crippen molar-refractivity contribution in [1.82, 2.24) is 4.90 Å². The average Bonchev–Trinajstić information content (AvgIpc) is 2.37. The lowest BCUT2D eigenvalue weighted by molar-refractivity contribution is -0.130. The van der Waals surface area contributed by atoms with E-state index in [1.54, 1.807) is 4.90 Å². The monoisotopic (exact) mass is 186 g/mol. The van der Waals surface area contributed by atoms with Gasteiger partial charge in [-0.3, -0.25) is 4.79 Å². The van der Waals surface area contributed by atoms with Crippen LogP contribution in [0.4, 0.5) is 0 Å². The van der Waals surface area contributed by atoms with Crippen LogP contribution in [-0.4, -0.2) is 41.1 Å². The van der Waals surface area contributed by atoms with Crippen molar-refractivity contribution in [2.45, 2.75) is 38.3 Å². The molecule has 1 amide bonds. The van der Waals surface area contributed by atoms with Gasteiger partial charge >= 0.3 is 0 Å². The lowest BCUT2D eigenvalue weighted by atomic mass is 10.2. The number of rotatable bonds is 4. The fourth-order valence-electron chi connectivity index (χ4n) is 1.62. The van der Waals surface area contributed by atoms with Gasteiger partial charge in [-0.05, 0) is 12.8 Å². The van der Waals surface area contributed by atoms with Crippen molar-refractivity contribution in [3.8, 4) is 0 Å². The number of β-amino-alcohol motifs (C(OH)–C–C–N with tert-alkyl or cyclic N) is 1. The maximum Gasteiger partial charge on any atom is 0.239 e. The highest BCUT2D eigenvalue weighted by Gasteiger charge is 2.29. The summed E-state index contributed by atoms with van der Waals surface area (Å²) in [5.74, 6) is -0.0184. The van der Waals surface area contributed by atoms with E-state index in [9.17, 15) is 9.90 Å². The predicted molar refractivity (Wildman–Crippen MR) is 50.1 cm³/mol. The summed E-state index contributed by atoms with van der Waals surface area (Å²) < 4.78 is 0. The van der Waals surface area contributed by atoms with Gasteiger partial charge in [0.25, 0.3) is 0 Å². The zero-order chi connectivity index (χ0) is 9.84. The smallest absolute Gasteiger partial charge is 0.239 e. The molecule has 0 aliphatic carbocycles.